The molecular formula is C16H15Cl2NO3. The number of aliphatic carboxylic acids is 1. The van der Waals surface area contributed by atoms with Crippen LogP contribution in [0.5, 0.6) is 0 Å². The minimum absolute atomic E-state index is 0.107. The van der Waals surface area contributed by atoms with Crippen LogP contribution in [0.25, 0.3) is 0 Å². The van der Waals surface area contributed by atoms with Gasteiger partial charge in [-0.15, -0.1) is 0 Å². The van der Waals surface area contributed by atoms with E-state index in [-0.39, 0.29) is 11.8 Å². The lowest BCUT2D eigenvalue weighted by atomic mass is 9.74. The summed E-state index contributed by atoms with van der Waals surface area (Å²) in [7, 11) is 0. The molecule has 4 atom stereocenters. The molecule has 1 N–H and O–H groups in total. The molecule has 3 rings (SSSR count). The Morgan fingerprint density at radius 2 is 1.82 bits per heavy atom. The van der Waals surface area contributed by atoms with Gasteiger partial charge in [-0.25, -0.2) is 0 Å². The number of fused-ring (bicyclic) bond motifs is 2. The highest BCUT2D eigenvalue weighted by Gasteiger charge is 2.56. The fourth-order valence-electron chi connectivity index (χ4n) is 3.72. The number of nitrogens with zero attached hydrogens (tertiary/aromatic N) is 1. The summed E-state index contributed by atoms with van der Waals surface area (Å²) in [5.74, 6) is -2.53. The number of anilines is 1. The van der Waals surface area contributed by atoms with Crippen LogP contribution >= 0.6 is 23.2 Å². The van der Waals surface area contributed by atoms with E-state index in [1.165, 1.54) is 4.90 Å². The molecule has 22 heavy (non-hydrogen) atoms. The summed E-state index contributed by atoms with van der Waals surface area (Å²) < 4.78 is 0. The van der Waals surface area contributed by atoms with Gasteiger partial charge < -0.3 is 10.0 Å². The normalized spacial score (nSPS) is 30.5. The minimum atomic E-state index is -0.946. The molecule has 1 aliphatic heterocycles. The Bertz CT molecular complexity index is 680. The third kappa shape index (κ3) is 2.22. The van der Waals surface area contributed by atoms with Gasteiger partial charge >= 0.3 is 5.97 Å². The summed E-state index contributed by atoms with van der Waals surface area (Å²) in [6, 6.07) is 4.38. The quantitative estimate of drug-likeness (QED) is 0.837. The van der Waals surface area contributed by atoms with Crippen molar-refractivity contribution in [2.24, 2.45) is 17.8 Å². The summed E-state index contributed by atoms with van der Waals surface area (Å²) in [5, 5.41) is 10.4. The van der Waals surface area contributed by atoms with Crippen LogP contribution in [0.4, 0.5) is 5.69 Å². The van der Waals surface area contributed by atoms with Crippen molar-refractivity contribution in [1.82, 2.24) is 0 Å². The van der Waals surface area contributed by atoms with Crippen LogP contribution in [-0.2, 0) is 9.59 Å². The van der Waals surface area contributed by atoms with Crippen LogP contribution in [0.15, 0.2) is 29.8 Å². The molecule has 1 saturated heterocycles. The zero-order chi connectivity index (χ0) is 16.2. The third-order valence-electron chi connectivity index (χ3n) is 4.50. The SMILES string of the molecule is CC1=CC(C)C2C(=O)N(c3cc(Cl)cc(Cl)c3)C1C2C(=O)O. The van der Waals surface area contributed by atoms with Crippen molar-refractivity contribution in [3.63, 3.8) is 0 Å². The van der Waals surface area contributed by atoms with Gasteiger partial charge in [-0.1, -0.05) is 41.8 Å². The van der Waals surface area contributed by atoms with E-state index in [0.717, 1.165) is 5.57 Å². The van der Waals surface area contributed by atoms with Crippen molar-refractivity contribution in [2.45, 2.75) is 19.9 Å². The van der Waals surface area contributed by atoms with Gasteiger partial charge in [0.1, 0.15) is 0 Å². The van der Waals surface area contributed by atoms with E-state index in [9.17, 15) is 14.7 Å². The molecule has 6 heteroatoms. The molecule has 1 heterocycles. The highest BCUT2D eigenvalue weighted by atomic mass is 35.5. The van der Waals surface area contributed by atoms with Gasteiger partial charge in [0.05, 0.1) is 17.9 Å². The number of benzene rings is 1. The molecule has 1 aromatic carbocycles. The van der Waals surface area contributed by atoms with Gasteiger partial charge in [0.15, 0.2) is 0 Å². The Morgan fingerprint density at radius 1 is 1.23 bits per heavy atom. The zero-order valence-electron chi connectivity index (χ0n) is 12.1. The van der Waals surface area contributed by atoms with E-state index < -0.39 is 23.8 Å². The first-order valence-corrected chi connectivity index (χ1v) is 7.77. The molecule has 2 bridgehead atoms. The van der Waals surface area contributed by atoms with E-state index in [0.29, 0.717) is 15.7 Å². The van der Waals surface area contributed by atoms with Gasteiger partial charge in [-0.05, 0) is 31.0 Å². The van der Waals surface area contributed by atoms with Gasteiger partial charge in [-0.3, -0.25) is 9.59 Å². The van der Waals surface area contributed by atoms with Gasteiger partial charge in [0.25, 0.3) is 0 Å². The lowest BCUT2D eigenvalue weighted by molar-refractivity contribution is -0.145. The summed E-state index contributed by atoms with van der Waals surface area (Å²) in [6.07, 6.45) is 1.98. The minimum Gasteiger partial charge on any atom is -0.481 e. The predicted molar refractivity (Wildman–Crippen MR) is 85.3 cm³/mol. The lowest BCUT2D eigenvalue weighted by Crippen LogP contribution is -2.40. The van der Waals surface area contributed by atoms with Crippen LogP contribution in [-0.4, -0.2) is 23.0 Å². The van der Waals surface area contributed by atoms with Crippen molar-refractivity contribution in [3.8, 4) is 0 Å². The largest absolute Gasteiger partial charge is 0.481 e. The van der Waals surface area contributed by atoms with E-state index in [2.05, 4.69) is 0 Å². The van der Waals surface area contributed by atoms with Gasteiger partial charge in [0.2, 0.25) is 5.91 Å². The molecule has 1 aromatic rings. The van der Waals surface area contributed by atoms with E-state index in [1.807, 2.05) is 19.9 Å². The van der Waals surface area contributed by atoms with Crippen LogP contribution in [0.1, 0.15) is 13.8 Å². The number of carbonyl (C=O) groups excluding carboxylic acids is 1. The summed E-state index contributed by atoms with van der Waals surface area (Å²) >= 11 is 12.1. The molecule has 116 valence electrons. The molecule has 2 aliphatic rings. The molecular weight excluding hydrogens is 325 g/mol. The second-order valence-electron chi connectivity index (χ2n) is 5.94. The molecule has 0 spiro atoms. The number of hydrogen-bond acceptors (Lipinski definition) is 2. The number of carboxylic acid groups (broad SMARTS) is 1. The Balaban J connectivity index is 2.15. The highest BCUT2D eigenvalue weighted by molar-refractivity contribution is 6.35. The van der Waals surface area contributed by atoms with Gasteiger partial charge in [-0.2, -0.15) is 0 Å². The summed E-state index contributed by atoms with van der Waals surface area (Å²) in [4.78, 5) is 26.1. The Labute approximate surface area is 138 Å². The molecule has 4 unspecified atom stereocenters. The van der Waals surface area contributed by atoms with Crippen molar-refractivity contribution in [1.29, 1.82) is 0 Å². The number of halogens is 2. The number of carboxylic acids is 1. The van der Waals surface area contributed by atoms with Crippen molar-refractivity contribution < 1.29 is 14.7 Å². The van der Waals surface area contributed by atoms with Crippen LogP contribution < -0.4 is 4.90 Å². The van der Waals surface area contributed by atoms with Crippen molar-refractivity contribution in [3.05, 3.63) is 39.9 Å². The fraction of sp³-hybridized carbons (Fsp3) is 0.375. The molecule has 0 saturated carbocycles. The number of carbonyl (C=O) groups is 2. The number of rotatable bonds is 2. The monoisotopic (exact) mass is 339 g/mol. The first kappa shape index (κ1) is 15.4. The smallest absolute Gasteiger partial charge is 0.309 e. The molecule has 1 aliphatic carbocycles. The molecule has 1 fully saturated rings. The van der Waals surface area contributed by atoms with Gasteiger partial charge in [0, 0.05) is 15.7 Å². The second-order valence-corrected chi connectivity index (χ2v) is 6.81. The topological polar surface area (TPSA) is 57.6 Å². The van der Waals surface area contributed by atoms with Crippen LogP contribution in [0.2, 0.25) is 10.0 Å². The van der Waals surface area contributed by atoms with Crippen molar-refractivity contribution in [2.75, 3.05) is 4.90 Å². The highest BCUT2D eigenvalue weighted by Crippen LogP contribution is 2.46. The third-order valence-corrected chi connectivity index (χ3v) is 4.93. The van der Waals surface area contributed by atoms with E-state index in [4.69, 9.17) is 23.2 Å². The number of allylic oxidation sites excluding steroid dienone is 1. The first-order chi connectivity index (χ1) is 10.3. The number of amides is 1. The van der Waals surface area contributed by atoms with Crippen LogP contribution in [0.3, 0.4) is 0 Å². The Hall–Kier alpha value is -1.52. The molecule has 0 radical (unpaired) electrons. The Morgan fingerprint density at radius 3 is 2.36 bits per heavy atom. The van der Waals surface area contributed by atoms with E-state index in [1.54, 1.807) is 18.2 Å². The summed E-state index contributed by atoms with van der Waals surface area (Å²) in [6.45, 7) is 3.75. The Kier molecular flexibility index (Phi) is 3.69. The average Bonchev–Trinajstić information content (AvgIpc) is 2.66. The van der Waals surface area contributed by atoms with E-state index >= 15 is 0 Å². The van der Waals surface area contributed by atoms with Crippen molar-refractivity contribution >= 4 is 40.8 Å². The summed E-state index contributed by atoms with van der Waals surface area (Å²) in [5.41, 5.74) is 1.43. The zero-order valence-corrected chi connectivity index (χ0v) is 13.6. The maximum atomic E-state index is 12.8. The lowest BCUT2D eigenvalue weighted by Gasteiger charge is -2.31. The first-order valence-electron chi connectivity index (χ1n) is 7.01. The second kappa shape index (κ2) is 5.28. The molecule has 0 aromatic heterocycles. The fourth-order valence-corrected chi connectivity index (χ4v) is 4.23. The standard InChI is InChI=1S/C16H15Cl2NO3/c1-7-3-8(2)14-13(16(21)22)12(7)15(20)19(14)11-5-9(17)4-10(18)6-11/h3-7,12-14H,1-2H3,(H,21,22). The number of hydrogen-bond donors (Lipinski definition) is 1. The average molecular weight is 340 g/mol. The maximum absolute atomic E-state index is 12.8. The maximum Gasteiger partial charge on any atom is 0.309 e. The molecule has 1 amide bonds. The molecule has 4 nitrogen and oxygen atoms in total. The predicted octanol–water partition coefficient (Wildman–Crippen LogP) is 3.62. The van der Waals surface area contributed by atoms with Crippen LogP contribution in [0, 0.1) is 17.8 Å².